The maximum absolute atomic E-state index is 9.06. The number of hydrogen-bond acceptors (Lipinski definition) is 5. The van der Waals surface area contributed by atoms with Gasteiger partial charge in [0.2, 0.25) is 0 Å². The van der Waals surface area contributed by atoms with Crippen molar-refractivity contribution >= 4 is 16.6 Å². The molecule has 1 saturated heterocycles. The molecule has 5 nitrogen and oxygen atoms in total. The van der Waals surface area contributed by atoms with Crippen molar-refractivity contribution < 1.29 is 5.11 Å². The van der Waals surface area contributed by atoms with Gasteiger partial charge in [-0.1, -0.05) is 24.3 Å². The third-order valence-corrected chi connectivity index (χ3v) is 3.86. The number of aliphatic hydroxyl groups excluding tert-OH is 1. The molecule has 20 heavy (non-hydrogen) atoms. The van der Waals surface area contributed by atoms with Crippen LogP contribution in [-0.2, 0) is 0 Å². The number of anilines is 1. The summed E-state index contributed by atoms with van der Waals surface area (Å²) in [5, 5.41) is 19.8. The minimum Gasteiger partial charge on any atom is -0.395 e. The molecular formula is C15H20N4O. The lowest BCUT2D eigenvalue weighted by Gasteiger charge is -2.23. The maximum atomic E-state index is 9.06. The summed E-state index contributed by atoms with van der Waals surface area (Å²) in [7, 11) is 0. The lowest BCUT2D eigenvalue weighted by Crippen LogP contribution is -2.32. The van der Waals surface area contributed by atoms with Gasteiger partial charge >= 0.3 is 0 Å². The molecule has 5 heteroatoms. The molecular weight excluding hydrogens is 252 g/mol. The van der Waals surface area contributed by atoms with E-state index < -0.39 is 0 Å². The molecule has 1 aliphatic rings. The van der Waals surface area contributed by atoms with Gasteiger partial charge in [-0.25, -0.2) is 0 Å². The summed E-state index contributed by atoms with van der Waals surface area (Å²) in [6.07, 6.45) is 2.90. The molecule has 0 bridgehead atoms. The zero-order valence-corrected chi connectivity index (χ0v) is 11.6. The van der Waals surface area contributed by atoms with E-state index in [1.807, 2.05) is 18.3 Å². The minimum atomic E-state index is 0.230. The van der Waals surface area contributed by atoms with Crippen molar-refractivity contribution in [2.75, 3.05) is 44.2 Å². The Morgan fingerprint density at radius 3 is 2.90 bits per heavy atom. The van der Waals surface area contributed by atoms with Crippen LogP contribution in [0.1, 0.15) is 6.42 Å². The fourth-order valence-corrected chi connectivity index (χ4v) is 2.79. The topological polar surface area (TPSA) is 52.5 Å². The van der Waals surface area contributed by atoms with Crippen molar-refractivity contribution in [2.45, 2.75) is 6.42 Å². The number of β-amino-alcohol motifs (C(OH)–C–C–N with tert-alkyl or cyclic N) is 1. The molecule has 0 radical (unpaired) electrons. The molecule has 1 aromatic heterocycles. The van der Waals surface area contributed by atoms with E-state index in [0.29, 0.717) is 0 Å². The molecule has 0 saturated carbocycles. The summed E-state index contributed by atoms with van der Waals surface area (Å²) < 4.78 is 0. The van der Waals surface area contributed by atoms with Crippen LogP contribution in [0.3, 0.4) is 0 Å². The molecule has 0 spiro atoms. The first-order chi connectivity index (χ1) is 9.88. The SMILES string of the molecule is OCCN1CCCN(c2nncc3ccccc23)CC1. The summed E-state index contributed by atoms with van der Waals surface area (Å²) in [4.78, 5) is 4.62. The summed E-state index contributed by atoms with van der Waals surface area (Å²) in [6, 6.07) is 8.25. The lowest BCUT2D eigenvalue weighted by molar-refractivity contribution is 0.204. The van der Waals surface area contributed by atoms with Crippen molar-refractivity contribution in [3.63, 3.8) is 0 Å². The Morgan fingerprint density at radius 2 is 2.00 bits per heavy atom. The van der Waals surface area contributed by atoms with Crippen LogP contribution in [0.2, 0.25) is 0 Å². The second-order valence-electron chi connectivity index (χ2n) is 5.16. The number of rotatable bonds is 3. The first-order valence-electron chi connectivity index (χ1n) is 7.17. The largest absolute Gasteiger partial charge is 0.395 e. The third kappa shape index (κ3) is 2.73. The molecule has 0 aliphatic carbocycles. The van der Waals surface area contributed by atoms with E-state index in [-0.39, 0.29) is 6.61 Å². The van der Waals surface area contributed by atoms with Gasteiger partial charge in [-0.15, -0.1) is 5.10 Å². The summed E-state index contributed by atoms with van der Waals surface area (Å²) in [5.74, 6) is 0.981. The number of benzene rings is 1. The average Bonchev–Trinajstić information content (AvgIpc) is 2.73. The second-order valence-corrected chi connectivity index (χ2v) is 5.16. The standard InChI is InChI=1S/C15H20N4O/c20-11-10-18-6-3-7-19(9-8-18)15-14-5-2-1-4-13(14)12-16-17-15/h1-2,4-5,12,20H,3,6-11H2. The van der Waals surface area contributed by atoms with E-state index in [4.69, 9.17) is 5.11 Å². The first-order valence-corrected chi connectivity index (χ1v) is 7.17. The van der Waals surface area contributed by atoms with Crippen molar-refractivity contribution in [1.29, 1.82) is 0 Å². The predicted molar refractivity (Wildman–Crippen MR) is 79.9 cm³/mol. The molecule has 0 amide bonds. The Morgan fingerprint density at radius 1 is 1.10 bits per heavy atom. The van der Waals surface area contributed by atoms with Crippen molar-refractivity contribution in [3.8, 4) is 0 Å². The zero-order valence-electron chi connectivity index (χ0n) is 11.6. The maximum Gasteiger partial charge on any atom is 0.159 e. The van der Waals surface area contributed by atoms with Crippen LogP contribution in [0.25, 0.3) is 10.8 Å². The fourth-order valence-electron chi connectivity index (χ4n) is 2.79. The molecule has 106 valence electrons. The second kappa shape index (κ2) is 6.15. The molecule has 1 aromatic carbocycles. The fraction of sp³-hybridized carbons (Fsp3) is 0.467. The molecule has 1 N–H and O–H groups in total. The van der Waals surface area contributed by atoms with Gasteiger partial charge < -0.3 is 10.0 Å². The van der Waals surface area contributed by atoms with E-state index >= 15 is 0 Å². The van der Waals surface area contributed by atoms with Gasteiger partial charge in [-0.2, -0.15) is 5.10 Å². The number of aromatic nitrogens is 2. The van der Waals surface area contributed by atoms with Gasteiger partial charge in [0.15, 0.2) is 5.82 Å². The summed E-state index contributed by atoms with van der Waals surface area (Å²) >= 11 is 0. The summed E-state index contributed by atoms with van der Waals surface area (Å²) in [5.41, 5.74) is 0. The normalized spacial score (nSPS) is 17.4. The van der Waals surface area contributed by atoms with Gasteiger partial charge in [-0.05, 0) is 13.0 Å². The molecule has 1 fully saturated rings. The van der Waals surface area contributed by atoms with Crippen molar-refractivity contribution in [3.05, 3.63) is 30.5 Å². The Bertz CT molecular complexity index is 569. The highest BCUT2D eigenvalue weighted by Gasteiger charge is 2.17. The molecule has 1 aliphatic heterocycles. The average molecular weight is 272 g/mol. The lowest BCUT2D eigenvalue weighted by atomic mass is 10.2. The van der Waals surface area contributed by atoms with Crippen LogP contribution >= 0.6 is 0 Å². The Hall–Kier alpha value is -1.72. The highest BCUT2D eigenvalue weighted by molar-refractivity contribution is 5.91. The van der Waals surface area contributed by atoms with E-state index in [1.165, 1.54) is 0 Å². The Labute approximate surface area is 118 Å². The van der Waals surface area contributed by atoms with E-state index in [1.54, 1.807) is 0 Å². The molecule has 0 atom stereocenters. The van der Waals surface area contributed by atoms with E-state index in [0.717, 1.165) is 55.7 Å². The predicted octanol–water partition coefficient (Wildman–Crippen LogP) is 1.13. The number of nitrogens with zero attached hydrogens (tertiary/aromatic N) is 4. The van der Waals surface area contributed by atoms with Gasteiger partial charge in [-0.3, -0.25) is 4.90 Å². The van der Waals surface area contributed by atoms with Crippen LogP contribution in [0.4, 0.5) is 5.82 Å². The van der Waals surface area contributed by atoms with Crippen LogP contribution < -0.4 is 4.90 Å². The quantitative estimate of drug-likeness (QED) is 0.908. The summed E-state index contributed by atoms with van der Waals surface area (Å²) in [6.45, 7) is 4.91. The van der Waals surface area contributed by atoms with Gasteiger partial charge in [0.25, 0.3) is 0 Å². The van der Waals surface area contributed by atoms with Crippen LogP contribution in [0.5, 0.6) is 0 Å². The zero-order chi connectivity index (χ0) is 13.8. The minimum absolute atomic E-state index is 0.230. The number of fused-ring (bicyclic) bond motifs is 1. The molecule has 3 rings (SSSR count). The first kappa shape index (κ1) is 13.3. The molecule has 2 heterocycles. The van der Waals surface area contributed by atoms with Gasteiger partial charge in [0.05, 0.1) is 12.8 Å². The number of hydrogen-bond donors (Lipinski definition) is 1. The highest BCUT2D eigenvalue weighted by atomic mass is 16.3. The van der Waals surface area contributed by atoms with Crippen LogP contribution in [0, 0.1) is 0 Å². The molecule has 0 unspecified atom stereocenters. The Kier molecular flexibility index (Phi) is 4.08. The van der Waals surface area contributed by atoms with Crippen molar-refractivity contribution in [2.24, 2.45) is 0 Å². The highest BCUT2D eigenvalue weighted by Crippen LogP contribution is 2.23. The smallest absolute Gasteiger partial charge is 0.159 e. The van der Waals surface area contributed by atoms with Crippen molar-refractivity contribution in [1.82, 2.24) is 15.1 Å². The third-order valence-electron chi connectivity index (χ3n) is 3.86. The number of aliphatic hydroxyl groups is 1. The van der Waals surface area contributed by atoms with Gasteiger partial charge in [0, 0.05) is 37.0 Å². The molecule has 2 aromatic rings. The monoisotopic (exact) mass is 272 g/mol. The van der Waals surface area contributed by atoms with Crippen LogP contribution in [-0.4, -0.2) is 59.5 Å². The Balaban J connectivity index is 1.84. The van der Waals surface area contributed by atoms with E-state index in [2.05, 4.69) is 32.1 Å². The van der Waals surface area contributed by atoms with Gasteiger partial charge in [0.1, 0.15) is 0 Å². The van der Waals surface area contributed by atoms with Crippen LogP contribution in [0.15, 0.2) is 30.5 Å². The van der Waals surface area contributed by atoms with E-state index in [9.17, 15) is 0 Å².